The summed E-state index contributed by atoms with van der Waals surface area (Å²) in [5.74, 6) is 0. The molecule has 0 bridgehead atoms. The molecule has 1 N–H and O–H groups in total. The van der Waals surface area contributed by atoms with Gasteiger partial charge in [0.05, 0.1) is 31.8 Å². The normalized spacial score (nSPS) is 14.0. The third kappa shape index (κ3) is 5.89. The summed E-state index contributed by atoms with van der Waals surface area (Å²) in [7, 11) is 1.89. The molecule has 0 amide bonds. The largest absolute Gasteiger partial charge is 0.389 e. The topological polar surface area (TPSA) is 56.5 Å². The Morgan fingerprint density at radius 2 is 2.15 bits per heavy atom. The van der Waals surface area contributed by atoms with E-state index < -0.39 is 6.10 Å². The van der Waals surface area contributed by atoms with Gasteiger partial charge < -0.3 is 14.7 Å². The zero-order valence-corrected chi connectivity index (χ0v) is 12.7. The second kappa shape index (κ2) is 8.93. The zero-order chi connectivity index (χ0) is 15.0. The Kier molecular flexibility index (Phi) is 7.56. The summed E-state index contributed by atoms with van der Waals surface area (Å²) in [4.78, 5) is 1.95. The van der Waals surface area contributed by atoms with E-state index >= 15 is 0 Å². The lowest BCUT2D eigenvalue weighted by Crippen LogP contribution is -2.37. The molecule has 0 saturated carbocycles. The van der Waals surface area contributed by atoms with Gasteiger partial charge in [-0.1, -0.05) is 29.8 Å². The standard InChI is InChI=1S/C15H21ClN2O2/c1-12(7-8-17)18(2)9-14(19)11-20-10-13-5-3-4-6-15(13)16/h3-6,12,14,19H,7,9-11H2,1-2H3. The van der Waals surface area contributed by atoms with Crippen molar-refractivity contribution in [2.24, 2.45) is 0 Å². The van der Waals surface area contributed by atoms with Crippen molar-refractivity contribution in [2.45, 2.75) is 32.1 Å². The predicted molar refractivity (Wildman–Crippen MR) is 79.4 cm³/mol. The van der Waals surface area contributed by atoms with E-state index in [2.05, 4.69) is 6.07 Å². The van der Waals surface area contributed by atoms with E-state index in [9.17, 15) is 5.11 Å². The molecule has 1 aromatic rings. The second-order valence-corrected chi connectivity index (χ2v) is 5.32. The Morgan fingerprint density at radius 3 is 2.80 bits per heavy atom. The number of benzene rings is 1. The van der Waals surface area contributed by atoms with Crippen LogP contribution in [0.5, 0.6) is 0 Å². The summed E-state index contributed by atoms with van der Waals surface area (Å²) >= 11 is 6.02. The van der Waals surface area contributed by atoms with Gasteiger partial charge >= 0.3 is 0 Å². The number of aliphatic hydroxyl groups is 1. The molecule has 0 radical (unpaired) electrons. The molecule has 0 aliphatic heterocycles. The van der Waals surface area contributed by atoms with E-state index in [1.54, 1.807) is 0 Å². The van der Waals surface area contributed by atoms with Crippen LogP contribution < -0.4 is 0 Å². The highest BCUT2D eigenvalue weighted by atomic mass is 35.5. The molecule has 2 unspecified atom stereocenters. The van der Waals surface area contributed by atoms with Crippen LogP contribution in [0.1, 0.15) is 18.9 Å². The second-order valence-electron chi connectivity index (χ2n) is 4.91. The Hall–Kier alpha value is -1.12. The average Bonchev–Trinajstić information content (AvgIpc) is 2.41. The number of hydrogen-bond acceptors (Lipinski definition) is 4. The number of rotatable bonds is 8. The SMILES string of the molecule is CC(CC#N)N(C)CC(O)COCc1ccccc1Cl. The molecule has 20 heavy (non-hydrogen) atoms. The summed E-state index contributed by atoms with van der Waals surface area (Å²) in [5.41, 5.74) is 0.910. The average molecular weight is 297 g/mol. The zero-order valence-electron chi connectivity index (χ0n) is 11.9. The molecule has 1 aromatic carbocycles. The van der Waals surface area contributed by atoms with Gasteiger partial charge in [-0.2, -0.15) is 5.26 Å². The first kappa shape index (κ1) is 16.9. The van der Waals surface area contributed by atoms with Crippen LogP contribution in [0.2, 0.25) is 5.02 Å². The molecule has 0 aliphatic rings. The van der Waals surface area contributed by atoms with E-state index in [0.29, 0.717) is 24.6 Å². The van der Waals surface area contributed by atoms with Crippen LogP contribution in [-0.2, 0) is 11.3 Å². The molecule has 0 aliphatic carbocycles. The maximum atomic E-state index is 9.90. The highest BCUT2D eigenvalue weighted by Gasteiger charge is 2.13. The Balaban J connectivity index is 2.28. The van der Waals surface area contributed by atoms with Gasteiger partial charge in [0.15, 0.2) is 0 Å². The summed E-state index contributed by atoms with van der Waals surface area (Å²) in [5, 5.41) is 19.2. The number of hydrogen-bond donors (Lipinski definition) is 1. The number of halogens is 1. The number of nitriles is 1. The molecule has 110 valence electrons. The van der Waals surface area contributed by atoms with Crippen LogP contribution in [-0.4, -0.2) is 42.4 Å². The first-order valence-corrected chi connectivity index (χ1v) is 6.98. The number of likely N-dealkylation sites (N-methyl/N-ethyl adjacent to an activating group) is 1. The summed E-state index contributed by atoms with van der Waals surface area (Å²) in [6.45, 7) is 3.06. The van der Waals surface area contributed by atoms with E-state index in [4.69, 9.17) is 21.6 Å². The first-order valence-electron chi connectivity index (χ1n) is 6.61. The van der Waals surface area contributed by atoms with Crippen LogP contribution in [0.25, 0.3) is 0 Å². The van der Waals surface area contributed by atoms with Crippen molar-refractivity contribution < 1.29 is 9.84 Å². The van der Waals surface area contributed by atoms with Crippen LogP contribution in [0.15, 0.2) is 24.3 Å². The van der Waals surface area contributed by atoms with Gasteiger partial charge in [0.2, 0.25) is 0 Å². The third-order valence-electron chi connectivity index (χ3n) is 3.16. The maximum Gasteiger partial charge on any atom is 0.0900 e. The maximum absolute atomic E-state index is 9.90. The third-order valence-corrected chi connectivity index (χ3v) is 3.53. The van der Waals surface area contributed by atoms with Crippen molar-refractivity contribution in [3.63, 3.8) is 0 Å². The van der Waals surface area contributed by atoms with Crippen molar-refractivity contribution in [3.05, 3.63) is 34.9 Å². The fourth-order valence-corrected chi connectivity index (χ4v) is 1.96. The van der Waals surface area contributed by atoms with Crippen molar-refractivity contribution in [1.29, 1.82) is 5.26 Å². The Morgan fingerprint density at radius 1 is 1.45 bits per heavy atom. The Labute approximate surface area is 125 Å². The molecule has 0 spiro atoms. The molecular formula is C15H21ClN2O2. The van der Waals surface area contributed by atoms with Gasteiger partial charge in [-0.15, -0.1) is 0 Å². The lowest BCUT2D eigenvalue weighted by atomic mass is 10.2. The van der Waals surface area contributed by atoms with Crippen LogP contribution in [0.4, 0.5) is 0 Å². The van der Waals surface area contributed by atoms with Crippen molar-refractivity contribution >= 4 is 11.6 Å². The highest BCUT2D eigenvalue weighted by Crippen LogP contribution is 2.15. The molecule has 5 heteroatoms. The van der Waals surface area contributed by atoms with Crippen molar-refractivity contribution in [1.82, 2.24) is 4.90 Å². The van der Waals surface area contributed by atoms with Crippen molar-refractivity contribution in [3.8, 4) is 6.07 Å². The molecule has 0 saturated heterocycles. The lowest BCUT2D eigenvalue weighted by molar-refractivity contribution is 0.00897. The van der Waals surface area contributed by atoms with Gasteiger partial charge in [0.25, 0.3) is 0 Å². The first-order chi connectivity index (χ1) is 9.54. The minimum Gasteiger partial charge on any atom is -0.389 e. The van der Waals surface area contributed by atoms with Crippen LogP contribution in [0.3, 0.4) is 0 Å². The summed E-state index contributed by atoms with van der Waals surface area (Å²) in [6, 6.07) is 9.73. The summed E-state index contributed by atoms with van der Waals surface area (Å²) < 4.78 is 5.48. The number of nitrogens with zero attached hydrogens (tertiary/aromatic N) is 2. The fraction of sp³-hybridized carbons (Fsp3) is 0.533. The monoisotopic (exact) mass is 296 g/mol. The Bertz CT molecular complexity index is 448. The predicted octanol–water partition coefficient (Wildman–Crippen LogP) is 2.45. The minimum atomic E-state index is -0.580. The van der Waals surface area contributed by atoms with Crippen LogP contribution in [0, 0.1) is 11.3 Å². The molecule has 0 aromatic heterocycles. The van der Waals surface area contributed by atoms with E-state index in [1.165, 1.54) is 0 Å². The highest BCUT2D eigenvalue weighted by molar-refractivity contribution is 6.31. The van der Waals surface area contributed by atoms with Gasteiger partial charge in [-0.3, -0.25) is 0 Å². The number of aliphatic hydroxyl groups excluding tert-OH is 1. The van der Waals surface area contributed by atoms with E-state index in [1.807, 2.05) is 43.1 Å². The van der Waals surface area contributed by atoms with E-state index in [-0.39, 0.29) is 12.6 Å². The van der Waals surface area contributed by atoms with Gasteiger partial charge in [-0.25, -0.2) is 0 Å². The minimum absolute atomic E-state index is 0.123. The van der Waals surface area contributed by atoms with Crippen molar-refractivity contribution in [2.75, 3.05) is 20.2 Å². The summed E-state index contributed by atoms with van der Waals surface area (Å²) in [6.07, 6.45) is -0.132. The van der Waals surface area contributed by atoms with E-state index in [0.717, 1.165) is 5.56 Å². The number of ether oxygens (including phenoxy) is 1. The lowest BCUT2D eigenvalue weighted by Gasteiger charge is -2.25. The molecule has 1 rings (SSSR count). The molecular weight excluding hydrogens is 276 g/mol. The van der Waals surface area contributed by atoms with Gasteiger partial charge in [0, 0.05) is 17.6 Å². The van der Waals surface area contributed by atoms with Crippen LogP contribution >= 0.6 is 11.6 Å². The molecule has 0 heterocycles. The van der Waals surface area contributed by atoms with Gasteiger partial charge in [-0.05, 0) is 25.6 Å². The molecule has 2 atom stereocenters. The fourth-order valence-electron chi connectivity index (χ4n) is 1.77. The van der Waals surface area contributed by atoms with Gasteiger partial charge in [0.1, 0.15) is 0 Å². The molecule has 4 nitrogen and oxygen atoms in total. The quantitative estimate of drug-likeness (QED) is 0.800. The molecule has 0 fully saturated rings. The smallest absolute Gasteiger partial charge is 0.0900 e.